The maximum atomic E-state index is 4.60. The predicted molar refractivity (Wildman–Crippen MR) is 96.8 cm³/mol. The first-order valence-corrected chi connectivity index (χ1v) is 9.20. The molecular weight excluding hydrogens is 320 g/mol. The first-order valence-electron chi connectivity index (χ1n) is 8.42. The van der Waals surface area contributed by atoms with Crippen LogP contribution in [0, 0.1) is 12.8 Å². The lowest BCUT2D eigenvalue weighted by Crippen LogP contribution is -2.33. The van der Waals surface area contributed by atoms with Gasteiger partial charge in [-0.1, -0.05) is 6.92 Å². The van der Waals surface area contributed by atoms with Crippen LogP contribution in [0.3, 0.4) is 0 Å². The largest absolute Gasteiger partial charge is 0.328 e. The molecule has 6 nitrogen and oxygen atoms in total. The molecule has 1 aliphatic rings. The second-order valence-corrected chi connectivity index (χ2v) is 7.48. The molecular formula is C17H22N6S. The highest BCUT2D eigenvalue weighted by Crippen LogP contribution is 2.25. The molecule has 0 amide bonds. The second-order valence-electron chi connectivity index (χ2n) is 6.68. The number of anilines is 2. The van der Waals surface area contributed by atoms with Crippen molar-refractivity contribution in [2.24, 2.45) is 5.92 Å². The summed E-state index contributed by atoms with van der Waals surface area (Å²) in [7, 11) is 0. The minimum absolute atomic E-state index is 0.779. The van der Waals surface area contributed by atoms with E-state index in [2.05, 4.69) is 37.5 Å². The number of fused-ring (bicyclic) bond motifs is 1. The monoisotopic (exact) mass is 342 g/mol. The number of aryl methyl sites for hydroxylation is 1. The molecule has 4 heterocycles. The standard InChI is InChI=1S/C17H22N6S/c1-12-4-3-6-22(9-12)11-14-8-15(24-21-14)20-16-17-18-5-7-23(17)10-13(2)19-16/h5,7-8,10,12H,3-4,6,9,11H2,1-2H3,(H,19,20). The Morgan fingerprint density at radius 3 is 3.21 bits per heavy atom. The van der Waals surface area contributed by atoms with Crippen LogP contribution in [0.15, 0.2) is 24.7 Å². The van der Waals surface area contributed by atoms with Gasteiger partial charge in [-0.3, -0.25) is 4.90 Å². The van der Waals surface area contributed by atoms with Crippen molar-refractivity contribution in [3.8, 4) is 0 Å². The number of aromatic nitrogens is 4. The van der Waals surface area contributed by atoms with Gasteiger partial charge in [-0.2, -0.15) is 4.37 Å². The first kappa shape index (κ1) is 15.5. The van der Waals surface area contributed by atoms with E-state index in [0.29, 0.717) is 0 Å². The maximum Gasteiger partial charge on any atom is 0.180 e. The Morgan fingerprint density at radius 1 is 1.42 bits per heavy atom. The normalized spacial score (nSPS) is 19.0. The van der Waals surface area contributed by atoms with E-state index in [1.807, 2.05) is 23.7 Å². The van der Waals surface area contributed by atoms with E-state index in [1.165, 1.54) is 37.5 Å². The van der Waals surface area contributed by atoms with Gasteiger partial charge in [0.05, 0.1) is 11.4 Å². The third-order valence-electron chi connectivity index (χ3n) is 4.42. The lowest BCUT2D eigenvalue weighted by Gasteiger charge is -2.30. The van der Waals surface area contributed by atoms with Gasteiger partial charge in [0.15, 0.2) is 11.5 Å². The molecule has 3 aromatic heterocycles. The molecule has 1 fully saturated rings. The smallest absolute Gasteiger partial charge is 0.180 e. The highest BCUT2D eigenvalue weighted by Gasteiger charge is 2.17. The number of imidazole rings is 1. The molecule has 1 N–H and O–H groups in total. The molecule has 0 aliphatic carbocycles. The number of hydrogen-bond acceptors (Lipinski definition) is 6. The van der Waals surface area contributed by atoms with Gasteiger partial charge in [-0.25, -0.2) is 9.97 Å². The van der Waals surface area contributed by atoms with Crippen LogP contribution in [0.1, 0.15) is 31.2 Å². The molecule has 0 spiro atoms. The third-order valence-corrected chi connectivity index (χ3v) is 5.16. The number of nitrogens with one attached hydrogen (secondary N) is 1. The van der Waals surface area contributed by atoms with Crippen molar-refractivity contribution in [3.05, 3.63) is 36.0 Å². The van der Waals surface area contributed by atoms with Gasteiger partial charge >= 0.3 is 0 Å². The number of rotatable bonds is 4. The van der Waals surface area contributed by atoms with Gasteiger partial charge in [0.2, 0.25) is 0 Å². The van der Waals surface area contributed by atoms with E-state index >= 15 is 0 Å². The fourth-order valence-corrected chi connectivity index (χ4v) is 4.02. The Bertz CT molecular complexity index is 839. The van der Waals surface area contributed by atoms with Crippen molar-refractivity contribution in [2.75, 3.05) is 18.4 Å². The van der Waals surface area contributed by atoms with Crippen molar-refractivity contribution >= 4 is 28.0 Å². The average molecular weight is 342 g/mol. The van der Waals surface area contributed by atoms with Gasteiger partial charge in [-0.05, 0) is 49.8 Å². The zero-order valence-corrected chi connectivity index (χ0v) is 14.9. The molecule has 1 unspecified atom stereocenters. The summed E-state index contributed by atoms with van der Waals surface area (Å²) in [5.41, 5.74) is 2.92. The van der Waals surface area contributed by atoms with E-state index in [-0.39, 0.29) is 0 Å². The molecule has 1 atom stereocenters. The van der Waals surface area contributed by atoms with Crippen molar-refractivity contribution < 1.29 is 0 Å². The van der Waals surface area contributed by atoms with Crippen LogP contribution in [-0.4, -0.2) is 36.7 Å². The first-order chi connectivity index (χ1) is 11.7. The van der Waals surface area contributed by atoms with E-state index in [0.717, 1.165) is 40.3 Å². The second kappa shape index (κ2) is 6.49. The molecule has 0 radical (unpaired) electrons. The Hall–Kier alpha value is -1.99. The summed E-state index contributed by atoms with van der Waals surface area (Å²) in [5.74, 6) is 1.57. The third kappa shape index (κ3) is 3.27. The average Bonchev–Trinajstić information content (AvgIpc) is 3.16. The van der Waals surface area contributed by atoms with Crippen LogP contribution in [0.4, 0.5) is 10.8 Å². The van der Waals surface area contributed by atoms with E-state index < -0.39 is 0 Å². The van der Waals surface area contributed by atoms with Crippen LogP contribution < -0.4 is 5.32 Å². The molecule has 126 valence electrons. The van der Waals surface area contributed by atoms with Crippen molar-refractivity contribution in [1.82, 2.24) is 23.6 Å². The summed E-state index contributed by atoms with van der Waals surface area (Å²) in [6, 6.07) is 2.13. The zero-order chi connectivity index (χ0) is 16.5. The lowest BCUT2D eigenvalue weighted by atomic mass is 10.0. The topological polar surface area (TPSA) is 58.4 Å². The van der Waals surface area contributed by atoms with Crippen LogP contribution in [0.2, 0.25) is 0 Å². The number of hydrogen-bond donors (Lipinski definition) is 1. The van der Waals surface area contributed by atoms with E-state index in [9.17, 15) is 0 Å². The van der Waals surface area contributed by atoms with Gasteiger partial charge in [0, 0.05) is 31.7 Å². The maximum absolute atomic E-state index is 4.60. The summed E-state index contributed by atoms with van der Waals surface area (Å²) >= 11 is 1.49. The Morgan fingerprint density at radius 2 is 2.33 bits per heavy atom. The minimum Gasteiger partial charge on any atom is -0.328 e. The molecule has 1 aliphatic heterocycles. The fraction of sp³-hybridized carbons (Fsp3) is 0.471. The highest BCUT2D eigenvalue weighted by molar-refractivity contribution is 7.10. The van der Waals surface area contributed by atoms with Gasteiger partial charge in [0.1, 0.15) is 5.00 Å². The van der Waals surface area contributed by atoms with Gasteiger partial charge in [-0.15, -0.1) is 0 Å². The van der Waals surface area contributed by atoms with Crippen molar-refractivity contribution in [3.63, 3.8) is 0 Å². The molecule has 1 saturated heterocycles. The fourth-order valence-electron chi connectivity index (χ4n) is 3.36. The highest BCUT2D eigenvalue weighted by atomic mass is 32.1. The lowest BCUT2D eigenvalue weighted by molar-refractivity contribution is 0.175. The predicted octanol–water partition coefficient (Wildman–Crippen LogP) is 3.47. The van der Waals surface area contributed by atoms with Crippen LogP contribution in [-0.2, 0) is 6.54 Å². The summed E-state index contributed by atoms with van der Waals surface area (Å²) in [6.45, 7) is 7.61. The number of nitrogens with zero attached hydrogens (tertiary/aromatic N) is 5. The molecule has 0 saturated carbocycles. The molecule has 24 heavy (non-hydrogen) atoms. The minimum atomic E-state index is 0.779. The van der Waals surface area contributed by atoms with Crippen molar-refractivity contribution in [2.45, 2.75) is 33.2 Å². The van der Waals surface area contributed by atoms with Crippen molar-refractivity contribution in [1.29, 1.82) is 0 Å². The van der Waals surface area contributed by atoms with Crippen LogP contribution in [0.25, 0.3) is 5.65 Å². The molecule has 0 bridgehead atoms. The summed E-state index contributed by atoms with van der Waals surface area (Å²) in [6.07, 6.45) is 8.34. The summed E-state index contributed by atoms with van der Waals surface area (Å²) in [4.78, 5) is 11.5. The Balaban J connectivity index is 1.49. The Kier molecular flexibility index (Phi) is 4.20. The Labute approximate surface area is 145 Å². The van der Waals surface area contributed by atoms with Crippen LogP contribution in [0.5, 0.6) is 0 Å². The van der Waals surface area contributed by atoms with E-state index in [1.54, 1.807) is 6.20 Å². The quantitative estimate of drug-likeness (QED) is 0.787. The molecule has 3 aromatic rings. The summed E-state index contributed by atoms with van der Waals surface area (Å²) < 4.78 is 6.59. The molecule has 0 aromatic carbocycles. The molecule has 4 rings (SSSR count). The van der Waals surface area contributed by atoms with Crippen LogP contribution >= 0.6 is 11.5 Å². The van der Waals surface area contributed by atoms with Gasteiger partial charge in [0.25, 0.3) is 0 Å². The van der Waals surface area contributed by atoms with Gasteiger partial charge < -0.3 is 9.72 Å². The summed E-state index contributed by atoms with van der Waals surface area (Å²) in [5, 5.41) is 4.40. The van der Waals surface area contributed by atoms with E-state index in [4.69, 9.17) is 0 Å². The SMILES string of the molecule is Cc1cn2ccnc2c(Nc2cc(CN3CCCC(C)C3)ns2)n1. The molecule has 7 heteroatoms. The number of piperidine rings is 1. The zero-order valence-electron chi connectivity index (χ0n) is 14.1. The number of likely N-dealkylation sites (tertiary alicyclic amines) is 1.